The number of nitrogens with zero attached hydrogens (tertiary/aromatic N) is 3. The van der Waals surface area contributed by atoms with E-state index in [1.807, 2.05) is 38.1 Å². The van der Waals surface area contributed by atoms with Gasteiger partial charge in [0.2, 0.25) is 5.82 Å². The van der Waals surface area contributed by atoms with Crippen LogP contribution in [-0.4, -0.2) is 38.9 Å². The predicted molar refractivity (Wildman–Crippen MR) is 127 cm³/mol. The summed E-state index contributed by atoms with van der Waals surface area (Å²) in [5.41, 5.74) is 3.32. The first-order valence-electron chi connectivity index (χ1n) is 11.0. The number of carboxylic acid groups (broad SMARTS) is 1. The maximum absolute atomic E-state index is 11.9. The Bertz CT molecular complexity index is 1180. The van der Waals surface area contributed by atoms with Crippen LogP contribution in [0.2, 0.25) is 5.02 Å². The number of hydrogen-bond acceptors (Lipinski definition) is 5. The van der Waals surface area contributed by atoms with E-state index in [0.29, 0.717) is 41.0 Å². The molecule has 0 saturated carbocycles. The number of ether oxygens (including phenoxy) is 1. The average Bonchev–Trinajstić information content (AvgIpc) is 3.22. The minimum atomic E-state index is -0.908. The van der Waals surface area contributed by atoms with Crippen molar-refractivity contribution in [2.24, 2.45) is 5.41 Å². The van der Waals surface area contributed by atoms with Crippen LogP contribution in [0.15, 0.2) is 40.9 Å². The van der Waals surface area contributed by atoms with Crippen LogP contribution >= 0.6 is 11.6 Å². The molecule has 0 spiro atoms. The third-order valence-corrected chi connectivity index (χ3v) is 5.99. The number of amides is 1. The van der Waals surface area contributed by atoms with Crippen LogP contribution in [0.3, 0.4) is 0 Å². The maximum Gasteiger partial charge on any atom is 0.407 e. The van der Waals surface area contributed by atoms with Gasteiger partial charge < -0.3 is 19.3 Å². The highest BCUT2D eigenvalue weighted by Crippen LogP contribution is 2.44. The van der Waals surface area contributed by atoms with E-state index in [4.69, 9.17) is 20.9 Å². The van der Waals surface area contributed by atoms with Gasteiger partial charge in [-0.15, -0.1) is 0 Å². The summed E-state index contributed by atoms with van der Waals surface area (Å²) in [6.45, 7) is 10.5. The van der Waals surface area contributed by atoms with Crippen molar-refractivity contribution in [1.29, 1.82) is 0 Å². The lowest BCUT2D eigenvalue weighted by Crippen LogP contribution is -2.44. The van der Waals surface area contributed by atoms with E-state index in [0.717, 1.165) is 16.7 Å². The van der Waals surface area contributed by atoms with E-state index in [2.05, 4.69) is 30.9 Å². The Morgan fingerprint density at radius 1 is 1.27 bits per heavy atom. The third-order valence-electron chi connectivity index (χ3n) is 5.70. The fraction of sp³-hybridized carbons (Fsp3) is 0.400. The van der Waals surface area contributed by atoms with Gasteiger partial charge in [-0.3, -0.25) is 0 Å². The molecule has 4 rings (SSSR count). The second-order valence-electron chi connectivity index (χ2n) is 9.60. The molecule has 1 aromatic heterocycles. The molecule has 8 heteroatoms. The van der Waals surface area contributed by atoms with E-state index < -0.39 is 6.09 Å². The normalized spacial score (nSPS) is 16.1. The number of halogens is 1. The quantitative estimate of drug-likeness (QED) is 0.471. The minimum Gasteiger partial charge on any atom is -0.489 e. The van der Waals surface area contributed by atoms with E-state index >= 15 is 0 Å². The highest BCUT2D eigenvalue weighted by Gasteiger charge is 2.39. The molecule has 174 valence electrons. The molecular formula is C25H28ClN3O4. The summed E-state index contributed by atoms with van der Waals surface area (Å²) in [6.07, 6.45) is -0.308. The standard InChI is InChI=1S/C25H28ClN3O4/c1-14(2)32-20-10-9-15(13-19(20)26)23-27-22(28-33-23)18-8-6-7-17-16(18)11-12-29(24(30)31)21(17)25(3,4)5/h6-10,13-14,21H,11-12H2,1-5H3,(H,30,31). The van der Waals surface area contributed by atoms with Gasteiger partial charge in [-0.05, 0) is 55.0 Å². The van der Waals surface area contributed by atoms with Crippen molar-refractivity contribution in [3.63, 3.8) is 0 Å². The van der Waals surface area contributed by atoms with Crippen molar-refractivity contribution in [3.05, 3.63) is 52.5 Å². The van der Waals surface area contributed by atoms with Crippen LogP contribution in [0.1, 0.15) is 51.8 Å². The Kier molecular flexibility index (Phi) is 6.10. The Balaban J connectivity index is 1.71. The Morgan fingerprint density at radius 2 is 2.03 bits per heavy atom. The average molecular weight is 470 g/mol. The lowest BCUT2D eigenvalue weighted by molar-refractivity contribution is 0.0760. The molecule has 0 radical (unpaired) electrons. The second-order valence-corrected chi connectivity index (χ2v) is 10.0. The van der Waals surface area contributed by atoms with Crippen LogP contribution in [-0.2, 0) is 6.42 Å². The van der Waals surface area contributed by atoms with E-state index in [1.165, 1.54) is 4.90 Å². The smallest absolute Gasteiger partial charge is 0.407 e. The highest BCUT2D eigenvalue weighted by molar-refractivity contribution is 6.32. The maximum atomic E-state index is 11.9. The van der Waals surface area contributed by atoms with Gasteiger partial charge in [0, 0.05) is 17.7 Å². The molecule has 3 aromatic rings. The van der Waals surface area contributed by atoms with Crippen molar-refractivity contribution < 1.29 is 19.2 Å². The SMILES string of the molecule is CC(C)Oc1ccc(-c2nc(-c3cccc4c3CCN(C(=O)O)C4C(C)(C)C)no2)cc1Cl. The first-order valence-corrected chi connectivity index (χ1v) is 11.4. The Hall–Kier alpha value is -3.06. The predicted octanol–water partition coefficient (Wildman–Crippen LogP) is 6.47. The number of rotatable bonds is 4. The largest absolute Gasteiger partial charge is 0.489 e. The van der Waals surface area contributed by atoms with Crippen LogP contribution in [0, 0.1) is 5.41 Å². The van der Waals surface area contributed by atoms with Crippen molar-refractivity contribution in [2.45, 2.75) is 53.2 Å². The molecule has 1 aliphatic heterocycles. The van der Waals surface area contributed by atoms with E-state index in [-0.39, 0.29) is 17.6 Å². The summed E-state index contributed by atoms with van der Waals surface area (Å²) >= 11 is 6.37. The van der Waals surface area contributed by atoms with Crippen molar-refractivity contribution >= 4 is 17.7 Å². The zero-order valence-electron chi connectivity index (χ0n) is 19.4. The first kappa shape index (κ1) is 23.1. The zero-order chi connectivity index (χ0) is 23.9. The molecule has 0 fully saturated rings. The third kappa shape index (κ3) is 4.55. The molecule has 1 aliphatic rings. The molecule has 1 unspecified atom stereocenters. The van der Waals surface area contributed by atoms with Crippen molar-refractivity contribution in [1.82, 2.24) is 15.0 Å². The van der Waals surface area contributed by atoms with Gasteiger partial charge in [-0.1, -0.05) is 55.7 Å². The number of carbonyl (C=O) groups is 1. The van der Waals surface area contributed by atoms with Crippen LogP contribution in [0.4, 0.5) is 4.79 Å². The van der Waals surface area contributed by atoms with Crippen LogP contribution in [0.5, 0.6) is 5.75 Å². The summed E-state index contributed by atoms with van der Waals surface area (Å²) in [7, 11) is 0. The lowest BCUT2D eigenvalue weighted by atomic mass is 9.76. The molecule has 1 atom stereocenters. The number of aromatic nitrogens is 2. The van der Waals surface area contributed by atoms with Gasteiger partial charge in [0.1, 0.15) is 5.75 Å². The van der Waals surface area contributed by atoms with Crippen LogP contribution < -0.4 is 4.74 Å². The fourth-order valence-electron chi connectivity index (χ4n) is 4.45. The van der Waals surface area contributed by atoms with Crippen LogP contribution in [0.25, 0.3) is 22.8 Å². The first-order chi connectivity index (χ1) is 15.6. The minimum absolute atomic E-state index is 0.0154. The van der Waals surface area contributed by atoms with Gasteiger partial charge in [0.25, 0.3) is 5.89 Å². The Morgan fingerprint density at radius 3 is 2.67 bits per heavy atom. The summed E-state index contributed by atoms with van der Waals surface area (Å²) in [5.74, 6) is 1.43. The molecule has 2 heterocycles. The lowest BCUT2D eigenvalue weighted by Gasteiger charge is -2.43. The molecule has 1 amide bonds. The molecule has 33 heavy (non-hydrogen) atoms. The number of hydrogen-bond donors (Lipinski definition) is 1. The summed E-state index contributed by atoms with van der Waals surface area (Å²) in [5, 5.41) is 14.5. The number of fused-ring (bicyclic) bond motifs is 1. The molecular weight excluding hydrogens is 442 g/mol. The summed E-state index contributed by atoms with van der Waals surface area (Å²) in [4.78, 5) is 18.1. The van der Waals surface area contributed by atoms with Gasteiger partial charge >= 0.3 is 6.09 Å². The molecule has 2 aromatic carbocycles. The van der Waals surface area contributed by atoms with Gasteiger partial charge in [0.15, 0.2) is 0 Å². The van der Waals surface area contributed by atoms with Gasteiger partial charge in [-0.2, -0.15) is 4.98 Å². The van der Waals surface area contributed by atoms with Crippen molar-refractivity contribution in [3.8, 4) is 28.6 Å². The molecule has 0 bridgehead atoms. The van der Waals surface area contributed by atoms with Crippen molar-refractivity contribution in [2.75, 3.05) is 6.54 Å². The fourth-order valence-corrected chi connectivity index (χ4v) is 4.68. The molecule has 1 N–H and O–H groups in total. The zero-order valence-corrected chi connectivity index (χ0v) is 20.2. The second kappa shape index (κ2) is 8.71. The van der Waals surface area contributed by atoms with Gasteiger partial charge in [-0.25, -0.2) is 4.79 Å². The Labute approximate surface area is 198 Å². The van der Waals surface area contributed by atoms with E-state index in [9.17, 15) is 9.90 Å². The summed E-state index contributed by atoms with van der Waals surface area (Å²) in [6, 6.07) is 11.0. The highest BCUT2D eigenvalue weighted by atomic mass is 35.5. The number of benzene rings is 2. The molecule has 7 nitrogen and oxygen atoms in total. The molecule has 0 aliphatic carbocycles. The van der Waals surface area contributed by atoms with E-state index in [1.54, 1.807) is 12.1 Å². The monoisotopic (exact) mass is 469 g/mol. The topological polar surface area (TPSA) is 88.7 Å². The molecule has 0 saturated heterocycles. The summed E-state index contributed by atoms with van der Waals surface area (Å²) < 4.78 is 11.3. The van der Waals surface area contributed by atoms with Gasteiger partial charge in [0.05, 0.1) is 17.2 Å².